The van der Waals surface area contributed by atoms with Crippen LogP contribution < -0.4 is 16.4 Å². The fourth-order valence-electron chi connectivity index (χ4n) is 1.67. The van der Waals surface area contributed by atoms with Gasteiger partial charge in [0, 0.05) is 18.2 Å². The Labute approximate surface area is 136 Å². The van der Waals surface area contributed by atoms with Crippen LogP contribution in [0.25, 0.3) is 0 Å². The van der Waals surface area contributed by atoms with Gasteiger partial charge in [-0.25, -0.2) is 0 Å². The first-order chi connectivity index (χ1) is 9.15. The Bertz CT molecular complexity index is 469. The molecule has 0 radical (unpaired) electrons. The van der Waals surface area contributed by atoms with Crippen molar-refractivity contribution >= 4 is 41.5 Å². The minimum Gasteiger partial charge on any atom is -0.370 e. The topological polar surface area (TPSA) is 79.5 Å². The van der Waals surface area contributed by atoms with Crippen molar-refractivity contribution in [3.8, 4) is 0 Å². The molecule has 0 atom stereocenters. The van der Waals surface area contributed by atoms with Crippen LogP contribution in [-0.2, 0) is 4.79 Å². The summed E-state index contributed by atoms with van der Waals surface area (Å²) in [5, 5.41) is 5.85. The van der Waals surface area contributed by atoms with Gasteiger partial charge >= 0.3 is 0 Å². The second-order valence-corrected chi connectivity index (χ2v) is 4.82. The maximum absolute atomic E-state index is 11.4. The molecule has 2 rings (SSSR count). The molecule has 1 amide bonds. The second-order valence-electron chi connectivity index (χ2n) is 4.82. The average Bonchev–Trinajstić information content (AvgIpc) is 3.21. The van der Waals surface area contributed by atoms with Gasteiger partial charge in [0.2, 0.25) is 5.91 Å². The number of aliphatic imine (C=N–C) groups is 1. The predicted octanol–water partition coefficient (Wildman–Crippen LogP) is 1.87. The molecule has 1 aliphatic rings. The third-order valence-electron chi connectivity index (χ3n) is 2.97. The molecule has 0 bridgehead atoms. The summed E-state index contributed by atoms with van der Waals surface area (Å²) >= 11 is 0. The summed E-state index contributed by atoms with van der Waals surface area (Å²) in [5.41, 5.74) is 7.87. The van der Waals surface area contributed by atoms with Crippen molar-refractivity contribution < 1.29 is 4.79 Å². The van der Waals surface area contributed by atoms with Crippen LogP contribution in [-0.4, -0.2) is 25.0 Å². The number of amides is 1. The highest BCUT2D eigenvalue weighted by Crippen LogP contribution is 2.28. The van der Waals surface area contributed by atoms with Crippen molar-refractivity contribution in [2.24, 2.45) is 16.6 Å². The highest BCUT2D eigenvalue weighted by atomic mass is 127. The molecule has 0 heterocycles. The van der Waals surface area contributed by atoms with Gasteiger partial charge in [0.15, 0.2) is 5.96 Å². The number of benzene rings is 1. The van der Waals surface area contributed by atoms with Gasteiger partial charge in [0.1, 0.15) is 0 Å². The molecule has 1 aromatic carbocycles. The monoisotopic (exact) mass is 388 g/mol. The van der Waals surface area contributed by atoms with Crippen molar-refractivity contribution in [3.05, 3.63) is 29.8 Å². The van der Waals surface area contributed by atoms with Gasteiger partial charge in [-0.1, -0.05) is 17.7 Å². The van der Waals surface area contributed by atoms with Crippen LogP contribution in [0.5, 0.6) is 0 Å². The predicted molar refractivity (Wildman–Crippen MR) is 92.4 cm³/mol. The van der Waals surface area contributed by atoms with Crippen LogP contribution in [0, 0.1) is 12.8 Å². The summed E-state index contributed by atoms with van der Waals surface area (Å²) in [6.45, 7) is 3.05. The van der Waals surface area contributed by atoms with Crippen molar-refractivity contribution in [2.75, 3.05) is 18.4 Å². The quantitative estimate of drug-likeness (QED) is 0.312. The Morgan fingerprint density at radius 3 is 2.60 bits per heavy atom. The summed E-state index contributed by atoms with van der Waals surface area (Å²) in [6.07, 6.45) is 2.04. The number of guanidine groups is 1. The number of nitrogens with one attached hydrogen (secondary N) is 2. The first-order valence-electron chi connectivity index (χ1n) is 6.56. The molecule has 0 saturated heterocycles. The van der Waals surface area contributed by atoms with E-state index in [9.17, 15) is 4.79 Å². The molecule has 0 spiro atoms. The highest BCUT2D eigenvalue weighted by molar-refractivity contribution is 14.0. The Balaban J connectivity index is 0.00000200. The van der Waals surface area contributed by atoms with Crippen LogP contribution in [0.3, 0.4) is 0 Å². The van der Waals surface area contributed by atoms with Gasteiger partial charge in [-0.2, -0.15) is 0 Å². The lowest BCUT2D eigenvalue weighted by atomic mass is 10.2. The van der Waals surface area contributed by atoms with E-state index >= 15 is 0 Å². The van der Waals surface area contributed by atoms with Gasteiger partial charge in [-0.3, -0.25) is 9.79 Å². The number of hydrogen-bond donors (Lipinski definition) is 3. The summed E-state index contributed by atoms with van der Waals surface area (Å²) in [6, 6.07) is 7.91. The zero-order valence-corrected chi connectivity index (χ0v) is 13.9. The van der Waals surface area contributed by atoms with Crippen LogP contribution in [0.1, 0.15) is 18.4 Å². The number of anilines is 1. The number of hydrogen-bond acceptors (Lipinski definition) is 2. The number of nitrogens with zero attached hydrogens (tertiary/aromatic N) is 1. The minimum atomic E-state index is 0. The van der Waals surface area contributed by atoms with E-state index in [0.717, 1.165) is 18.5 Å². The van der Waals surface area contributed by atoms with Gasteiger partial charge in [0.05, 0.1) is 6.54 Å². The Morgan fingerprint density at radius 1 is 1.35 bits per heavy atom. The number of carbonyl (C=O) groups is 1. The Hall–Kier alpha value is -1.31. The third-order valence-corrected chi connectivity index (χ3v) is 2.97. The standard InChI is InChI=1S/C14H20N4O.HI/c1-10-2-6-12(7-3-10)18-14(15)17-9-8-16-13(19)11-4-5-11;/h2-3,6-7,11H,4-5,8-9H2,1H3,(H,16,19)(H3,15,17,18);1H. The molecule has 1 fully saturated rings. The Morgan fingerprint density at radius 2 is 2.00 bits per heavy atom. The lowest BCUT2D eigenvalue weighted by molar-refractivity contribution is -0.122. The largest absolute Gasteiger partial charge is 0.370 e. The average molecular weight is 388 g/mol. The number of rotatable bonds is 5. The van der Waals surface area contributed by atoms with E-state index in [4.69, 9.17) is 5.73 Å². The molecular formula is C14H21IN4O. The molecule has 5 nitrogen and oxygen atoms in total. The van der Waals surface area contributed by atoms with Gasteiger partial charge in [-0.15, -0.1) is 24.0 Å². The minimum absolute atomic E-state index is 0. The van der Waals surface area contributed by atoms with Crippen LogP contribution in [0.15, 0.2) is 29.3 Å². The molecule has 4 N–H and O–H groups in total. The molecule has 20 heavy (non-hydrogen) atoms. The highest BCUT2D eigenvalue weighted by Gasteiger charge is 2.28. The normalized spacial score (nSPS) is 14.3. The van der Waals surface area contributed by atoms with E-state index < -0.39 is 0 Å². The van der Waals surface area contributed by atoms with Gasteiger partial charge in [-0.05, 0) is 31.9 Å². The van der Waals surface area contributed by atoms with Crippen LogP contribution in [0.4, 0.5) is 5.69 Å². The molecule has 1 aromatic rings. The SMILES string of the molecule is Cc1ccc(NC(N)=NCCNC(=O)C2CC2)cc1.I. The third kappa shape index (κ3) is 5.77. The van der Waals surface area contributed by atoms with Crippen molar-refractivity contribution in [1.82, 2.24) is 5.32 Å². The lowest BCUT2D eigenvalue weighted by Gasteiger charge is -2.06. The lowest BCUT2D eigenvalue weighted by Crippen LogP contribution is -2.29. The van der Waals surface area contributed by atoms with E-state index in [1.807, 2.05) is 31.2 Å². The molecule has 6 heteroatoms. The summed E-state index contributed by atoms with van der Waals surface area (Å²) in [7, 11) is 0. The summed E-state index contributed by atoms with van der Waals surface area (Å²) < 4.78 is 0. The molecule has 0 aromatic heterocycles. The van der Waals surface area contributed by atoms with E-state index in [1.54, 1.807) is 0 Å². The smallest absolute Gasteiger partial charge is 0.223 e. The van der Waals surface area contributed by atoms with Crippen molar-refractivity contribution in [1.29, 1.82) is 0 Å². The van der Waals surface area contributed by atoms with E-state index in [-0.39, 0.29) is 35.8 Å². The number of aryl methyl sites for hydroxylation is 1. The fourth-order valence-corrected chi connectivity index (χ4v) is 1.67. The maximum Gasteiger partial charge on any atom is 0.223 e. The summed E-state index contributed by atoms with van der Waals surface area (Å²) in [4.78, 5) is 15.5. The van der Waals surface area contributed by atoms with E-state index in [1.165, 1.54) is 5.56 Å². The van der Waals surface area contributed by atoms with E-state index in [0.29, 0.717) is 19.0 Å². The number of carbonyl (C=O) groups excluding carboxylic acids is 1. The van der Waals surface area contributed by atoms with Crippen LogP contribution >= 0.6 is 24.0 Å². The van der Waals surface area contributed by atoms with E-state index in [2.05, 4.69) is 15.6 Å². The molecule has 1 aliphatic carbocycles. The van der Waals surface area contributed by atoms with Crippen molar-refractivity contribution in [2.45, 2.75) is 19.8 Å². The summed E-state index contributed by atoms with van der Waals surface area (Å²) in [5.74, 6) is 0.747. The molecule has 1 saturated carbocycles. The molecule has 110 valence electrons. The van der Waals surface area contributed by atoms with Crippen molar-refractivity contribution in [3.63, 3.8) is 0 Å². The molecule has 0 aliphatic heterocycles. The zero-order valence-electron chi connectivity index (χ0n) is 11.6. The second kappa shape index (κ2) is 8.08. The zero-order chi connectivity index (χ0) is 13.7. The molecule has 0 unspecified atom stereocenters. The first-order valence-corrected chi connectivity index (χ1v) is 6.56. The maximum atomic E-state index is 11.4. The first kappa shape index (κ1) is 16.7. The number of halogens is 1. The molecular weight excluding hydrogens is 367 g/mol. The fraction of sp³-hybridized carbons (Fsp3) is 0.429. The Kier molecular flexibility index (Phi) is 6.77. The van der Waals surface area contributed by atoms with Crippen LogP contribution in [0.2, 0.25) is 0 Å². The number of nitrogens with two attached hydrogens (primary N) is 1. The van der Waals surface area contributed by atoms with Gasteiger partial charge < -0.3 is 16.4 Å². The van der Waals surface area contributed by atoms with Gasteiger partial charge in [0.25, 0.3) is 0 Å².